The van der Waals surface area contributed by atoms with Crippen LogP contribution in [0.3, 0.4) is 0 Å². The molecule has 8 aromatic rings. The zero-order valence-corrected chi connectivity index (χ0v) is 43.7. The first kappa shape index (κ1) is 60.0. The average molecular weight is 1150 g/mol. The molecule has 0 saturated heterocycles. The van der Waals surface area contributed by atoms with Crippen molar-refractivity contribution in [2.45, 2.75) is 0 Å². The van der Waals surface area contributed by atoms with E-state index in [0.29, 0.717) is 0 Å². The number of benzene rings is 8. The molecule has 0 aromatic heterocycles. The molecule has 372 valence electrons. The predicted molar refractivity (Wildman–Crippen MR) is 304 cm³/mol. The number of carbonyl (C=O) groups is 4. The summed E-state index contributed by atoms with van der Waals surface area (Å²) in [6.07, 6.45) is 27.2. The van der Waals surface area contributed by atoms with Crippen LogP contribution in [0.25, 0.3) is 48.6 Å². The van der Waals surface area contributed by atoms with Gasteiger partial charge in [0.2, 0.25) is 0 Å². The molecule has 0 aliphatic carbocycles. The molecule has 0 spiro atoms. The van der Waals surface area contributed by atoms with E-state index < -0.39 is 0 Å². The van der Waals surface area contributed by atoms with E-state index in [1.807, 2.05) is 291 Å². The Balaban J connectivity index is 0.000000258. The SMILES string of the molecule is O=C(/C=C/c1ccccc1)/C=C/c1ccccc1.O=C(/C=C/c1ccccc1)/C=C/c1ccccc1.O=C(/C=C/c1ccccc1)/C=C/c1ccccc1.O=C(/C=C/c1ccccc1)/C=C/c1ccccc1.[Pd].[Pd]. The van der Waals surface area contributed by atoms with Crippen molar-refractivity contribution in [1.82, 2.24) is 0 Å². The zero-order chi connectivity index (χ0) is 50.5. The largest absolute Gasteiger partial charge is 0.290 e. The predicted octanol–water partition coefficient (Wildman–Crippen LogP) is 15.9. The second kappa shape index (κ2) is 37.5. The second-order valence-corrected chi connectivity index (χ2v) is 15.6. The van der Waals surface area contributed by atoms with Gasteiger partial charge in [-0.25, -0.2) is 0 Å². The van der Waals surface area contributed by atoms with Crippen LogP contribution in [-0.4, -0.2) is 23.1 Å². The van der Waals surface area contributed by atoms with Crippen molar-refractivity contribution in [2.75, 3.05) is 0 Å². The molecule has 6 heteroatoms. The van der Waals surface area contributed by atoms with Crippen LogP contribution in [0.2, 0.25) is 0 Å². The van der Waals surface area contributed by atoms with Gasteiger partial charge >= 0.3 is 0 Å². The maximum Gasteiger partial charge on any atom is 0.178 e. The number of ketones is 4. The van der Waals surface area contributed by atoms with Gasteiger partial charge in [0.25, 0.3) is 0 Å². The third-order valence-electron chi connectivity index (χ3n) is 9.92. The minimum Gasteiger partial charge on any atom is -0.290 e. The third kappa shape index (κ3) is 27.3. The molecule has 0 bridgehead atoms. The van der Waals surface area contributed by atoms with Gasteiger partial charge in [-0.2, -0.15) is 0 Å². The summed E-state index contributed by atoms with van der Waals surface area (Å²) >= 11 is 0. The van der Waals surface area contributed by atoms with Crippen molar-refractivity contribution >= 4 is 71.7 Å². The van der Waals surface area contributed by atoms with Gasteiger partial charge in [0.15, 0.2) is 23.1 Å². The van der Waals surface area contributed by atoms with Crippen molar-refractivity contribution < 1.29 is 60.0 Å². The van der Waals surface area contributed by atoms with Gasteiger partial charge in [-0.1, -0.05) is 291 Å². The van der Waals surface area contributed by atoms with Crippen molar-refractivity contribution in [1.29, 1.82) is 0 Å². The van der Waals surface area contributed by atoms with E-state index in [9.17, 15) is 19.2 Å². The molecule has 0 aliphatic heterocycles. The van der Waals surface area contributed by atoms with E-state index in [4.69, 9.17) is 0 Å². The molecule has 0 N–H and O–H groups in total. The third-order valence-corrected chi connectivity index (χ3v) is 9.92. The monoisotopic (exact) mass is 1150 g/mol. The first-order valence-electron chi connectivity index (χ1n) is 23.4. The normalized spacial score (nSPS) is 10.8. The van der Waals surface area contributed by atoms with Crippen LogP contribution >= 0.6 is 0 Å². The number of allylic oxidation sites excluding steroid dienone is 8. The van der Waals surface area contributed by atoms with Gasteiger partial charge in [-0.3, -0.25) is 19.2 Å². The fourth-order valence-electron chi connectivity index (χ4n) is 6.16. The molecule has 0 amide bonds. The number of hydrogen-bond acceptors (Lipinski definition) is 4. The summed E-state index contributed by atoms with van der Waals surface area (Å²) in [5, 5.41) is 0. The Morgan fingerprint density at radius 1 is 0.176 bits per heavy atom. The molecule has 0 aliphatic rings. The molecular weight excluding hydrogens is 1090 g/mol. The molecule has 0 radical (unpaired) electrons. The van der Waals surface area contributed by atoms with Gasteiger partial charge in [0, 0.05) is 40.8 Å². The van der Waals surface area contributed by atoms with Gasteiger partial charge < -0.3 is 0 Å². The van der Waals surface area contributed by atoms with E-state index in [1.54, 1.807) is 48.6 Å². The molecule has 8 aromatic carbocycles. The Morgan fingerprint density at radius 3 is 0.365 bits per heavy atom. The van der Waals surface area contributed by atoms with Crippen LogP contribution in [0, 0.1) is 0 Å². The molecule has 4 nitrogen and oxygen atoms in total. The van der Waals surface area contributed by atoms with E-state index >= 15 is 0 Å². The van der Waals surface area contributed by atoms with Crippen LogP contribution in [-0.2, 0) is 60.0 Å². The summed E-state index contributed by atoms with van der Waals surface area (Å²) in [6.45, 7) is 0. The van der Waals surface area contributed by atoms with Crippen molar-refractivity contribution in [3.8, 4) is 0 Å². The van der Waals surface area contributed by atoms with Gasteiger partial charge in [-0.15, -0.1) is 0 Å². The minimum atomic E-state index is -0.0114. The van der Waals surface area contributed by atoms with Gasteiger partial charge in [0.1, 0.15) is 0 Å². The summed E-state index contributed by atoms with van der Waals surface area (Å²) in [5.74, 6) is -0.0455. The van der Waals surface area contributed by atoms with E-state index in [-0.39, 0.29) is 64.0 Å². The maximum absolute atomic E-state index is 11.6. The number of rotatable bonds is 16. The molecule has 0 heterocycles. The fraction of sp³-hybridized carbons (Fsp3) is 0. The van der Waals surface area contributed by atoms with Crippen LogP contribution in [0.5, 0.6) is 0 Å². The smallest absolute Gasteiger partial charge is 0.178 e. The molecule has 0 unspecified atom stereocenters. The zero-order valence-electron chi connectivity index (χ0n) is 40.6. The Labute approximate surface area is 464 Å². The number of hydrogen-bond donors (Lipinski definition) is 0. The summed E-state index contributed by atoms with van der Waals surface area (Å²) in [7, 11) is 0. The van der Waals surface area contributed by atoms with Gasteiger partial charge in [0.05, 0.1) is 0 Å². The van der Waals surface area contributed by atoms with Crippen LogP contribution < -0.4 is 0 Å². The summed E-state index contributed by atoms with van der Waals surface area (Å²) in [5.41, 5.74) is 8.21. The number of carbonyl (C=O) groups excluding carboxylic acids is 4. The topological polar surface area (TPSA) is 68.3 Å². The quantitative estimate of drug-likeness (QED) is 0.0714. The van der Waals surface area contributed by atoms with Crippen LogP contribution in [0.15, 0.2) is 291 Å². The Hall–Kier alpha value is -8.32. The summed E-state index contributed by atoms with van der Waals surface area (Å²) in [4.78, 5) is 46.5. The Kier molecular flexibility index (Phi) is 30.4. The summed E-state index contributed by atoms with van der Waals surface area (Å²) in [6, 6.07) is 78.2. The van der Waals surface area contributed by atoms with Crippen LogP contribution in [0.4, 0.5) is 0 Å². The second-order valence-electron chi connectivity index (χ2n) is 15.6. The molecular formula is C68H56O4Pd2. The molecule has 0 atom stereocenters. The maximum atomic E-state index is 11.6. The molecule has 0 saturated carbocycles. The molecule has 0 fully saturated rings. The van der Waals surface area contributed by atoms with Crippen molar-refractivity contribution in [2.24, 2.45) is 0 Å². The van der Waals surface area contributed by atoms with Crippen LogP contribution in [0.1, 0.15) is 44.5 Å². The van der Waals surface area contributed by atoms with E-state index in [1.165, 1.54) is 0 Å². The van der Waals surface area contributed by atoms with Crippen molar-refractivity contribution in [3.05, 3.63) is 336 Å². The molecule has 74 heavy (non-hydrogen) atoms. The minimum absolute atomic E-state index is 0. The average Bonchev–Trinajstić information content (AvgIpc) is 3.45. The fourth-order valence-corrected chi connectivity index (χ4v) is 6.16. The van der Waals surface area contributed by atoms with E-state index in [0.717, 1.165) is 44.5 Å². The Bertz CT molecular complexity index is 2440. The van der Waals surface area contributed by atoms with Crippen molar-refractivity contribution in [3.63, 3.8) is 0 Å². The van der Waals surface area contributed by atoms with E-state index in [2.05, 4.69) is 0 Å². The van der Waals surface area contributed by atoms with Gasteiger partial charge in [-0.05, 0) is 93.1 Å². The standard InChI is InChI=1S/4C17H14O.2Pd/c4*18-17(13-11-15-7-3-1-4-8-15)14-12-16-9-5-2-6-10-16;;/h4*1-14H;;/b4*13-11+,14-12+;;. The summed E-state index contributed by atoms with van der Waals surface area (Å²) < 4.78 is 0. The first-order valence-corrected chi connectivity index (χ1v) is 23.4. The molecule has 8 rings (SSSR count). The Morgan fingerprint density at radius 2 is 0.270 bits per heavy atom. The first-order chi connectivity index (χ1) is 35.4.